The molecule has 1 amide bonds. The minimum Gasteiger partial charge on any atom is -0.444 e. The predicted octanol–water partition coefficient (Wildman–Crippen LogP) is 3.75. The van der Waals surface area contributed by atoms with Gasteiger partial charge in [-0.15, -0.1) is 0 Å². The lowest BCUT2D eigenvalue weighted by Gasteiger charge is -2.34. The van der Waals surface area contributed by atoms with Crippen LogP contribution in [0.25, 0.3) is 0 Å². The van der Waals surface area contributed by atoms with Gasteiger partial charge in [-0.05, 0) is 61.3 Å². The van der Waals surface area contributed by atoms with E-state index in [2.05, 4.69) is 0 Å². The van der Waals surface area contributed by atoms with E-state index in [0.717, 1.165) is 0 Å². The molecule has 1 fully saturated rings. The van der Waals surface area contributed by atoms with Crippen LogP contribution in [0.2, 0.25) is 0 Å². The van der Waals surface area contributed by atoms with Gasteiger partial charge in [0, 0.05) is 6.54 Å². The van der Waals surface area contributed by atoms with E-state index >= 15 is 0 Å². The maximum atomic E-state index is 13.1. The zero-order valence-electron chi connectivity index (χ0n) is 15.8. The van der Waals surface area contributed by atoms with Crippen LogP contribution in [0.5, 0.6) is 0 Å². The van der Waals surface area contributed by atoms with Crippen molar-refractivity contribution in [2.45, 2.75) is 91.0 Å². The van der Waals surface area contributed by atoms with Crippen molar-refractivity contribution in [1.82, 2.24) is 4.90 Å². The summed E-state index contributed by atoms with van der Waals surface area (Å²) in [6, 6.07) is -0.650. The lowest BCUT2D eigenvalue weighted by atomic mass is 10.2. The fraction of sp³-hybridized carbons (Fsp3) is 0.938. The van der Waals surface area contributed by atoms with Gasteiger partial charge >= 0.3 is 13.7 Å². The number of rotatable bonds is 6. The number of amides is 1. The highest BCUT2D eigenvalue weighted by Gasteiger charge is 2.47. The molecule has 0 aromatic rings. The highest BCUT2D eigenvalue weighted by atomic mass is 31.2. The molecular formula is C16H32NO6P. The van der Waals surface area contributed by atoms with E-state index < -0.39 is 31.2 Å². The summed E-state index contributed by atoms with van der Waals surface area (Å²) in [5, 5.41) is 10.7. The molecule has 7 nitrogen and oxygen atoms in total. The minimum atomic E-state index is -3.79. The SMILES string of the molecule is CC(C)OP(=O)(OC(C)C)C(O)[C@@H]1CCCN1C(=O)OC(C)(C)C. The Morgan fingerprint density at radius 2 is 1.67 bits per heavy atom. The number of carbonyl (C=O) groups is 1. The number of aliphatic hydroxyl groups is 1. The van der Waals surface area contributed by atoms with Crippen molar-refractivity contribution in [2.75, 3.05) is 6.54 Å². The van der Waals surface area contributed by atoms with E-state index in [4.69, 9.17) is 13.8 Å². The van der Waals surface area contributed by atoms with Gasteiger partial charge < -0.3 is 23.8 Å². The van der Waals surface area contributed by atoms with Crippen molar-refractivity contribution in [1.29, 1.82) is 0 Å². The monoisotopic (exact) mass is 365 g/mol. The third-order valence-electron chi connectivity index (χ3n) is 3.31. The Morgan fingerprint density at radius 1 is 1.17 bits per heavy atom. The molecule has 1 N–H and O–H groups in total. The average molecular weight is 365 g/mol. The van der Waals surface area contributed by atoms with Gasteiger partial charge in [0.25, 0.3) is 0 Å². The number of likely N-dealkylation sites (tertiary alicyclic amines) is 1. The number of ether oxygens (including phenoxy) is 1. The number of nitrogens with zero attached hydrogens (tertiary/aromatic N) is 1. The van der Waals surface area contributed by atoms with Gasteiger partial charge in [0.15, 0.2) is 5.85 Å². The number of hydrogen-bond donors (Lipinski definition) is 1. The molecule has 8 heteroatoms. The quantitative estimate of drug-likeness (QED) is 0.722. The average Bonchev–Trinajstić information content (AvgIpc) is 2.82. The molecule has 0 aliphatic carbocycles. The molecule has 1 rings (SSSR count). The Balaban J connectivity index is 2.97. The normalized spacial score (nSPS) is 20.8. The summed E-state index contributed by atoms with van der Waals surface area (Å²) in [5.74, 6) is -1.41. The Bertz CT molecular complexity index is 460. The second-order valence-corrected chi connectivity index (χ2v) is 9.68. The molecule has 1 saturated heterocycles. The summed E-state index contributed by atoms with van der Waals surface area (Å²) in [5.41, 5.74) is -0.637. The zero-order valence-corrected chi connectivity index (χ0v) is 16.7. The first-order valence-corrected chi connectivity index (χ1v) is 10.1. The first kappa shape index (κ1) is 21.4. The Morgan fingerprint density at radius 3 is 2.08 bits per heavy atom. The summed E-state index contributed by atoms with van der Waals surface area (Å²) < 4.78 is 29.4. The van der Waals surface area contributed by atoms with Gasteiger partial charge in [-0.25, -0.2) is 4.79 Å². The summed E-state index contributed by atoms with van der Waals surface area (Å²) in [4.78, 5) is 13.8. The van der Waals surface area contributed by atoms with E-state index in [9.17, 15) is 14.5 Å². The van der Waals surface area contributed by atoms with Gasteiger partial charge in [-0.3, -0.25) is 4.57 Å². The third kappa shape index (κ3) is 6.03. The lowest BCUT2D eigenvalue weighted by Crippen LogP contribution is -2.45. The molecule has 1 heterocycles. The van der Waals surface area contributed by atoms with E-state index in [-0.39, 0.29) is 12.2 Å². The number of hydrogen-bond acceptors (Lipinski definition) is 6. The maximum absolute atomic E-state index is 13.1. The van der Waals surface area contributed by atoms with Gasteiger partial charge in [0.1, 0.15) is 5.60 Å². The topological polar surface area (TPSA) is 85.3 Å². The molecular weight excluding hydrogens is 333 g/mol. The van der Waals surface area contributed by atoms with Gasteiger partial charge in [-0.1, -0.05) is 0 Å². The van der Waals surface area contributed by atoms with Crippen molar-refractivity contribution in [3.05, 3.63) is 0 Å². The Labute approximate surface area is 145 Å². The van der Waals surface area contributed by atoms with Crippen molar-refractivity contribution in [3.8, 4) is 0 Å². The molecule has 142 valence electrons. The van der Waals surface area contributed by atoms with Gasteiger partial charge in [0.05, 0.1) is 18.2 Å². The molecule has 1 unspecified atom stereocenters. The molecule has 1 aliphatic rings. The first-order chi connectivity index (χ1) is 10.9. The largest absolute Gasteiger partial charge is 0.444 e. The highest BCUT2D eigenvalue weighted by molar-refractivity contribution is 7.54. The summed E-state index contributed by atoms with van der Waals surface area (Å²) in [7, 11) is -3.79. The summed E-state index contributed by atoms with van der Waals surface area (Å²) in [6.45, 7) is 12.7. The number of carbonyl (C=O) groups excluding carboxylic acids is 1. The fourth-order valence-corrected chi connectivity index (χ4v) is 4.80. The smallest absolute Gasteiger partial charge is 0.410 e. The lowest BCUT2D eigenvalue weighted by molar-refractivity contribution is 0.00909. The van der Waals surface area contributed by atoms with Crippen molar-refractivity contribution in [2.24, 2.45) is 0 Å². The van der Waals surface area contributed by atoms with Gasteiger partial charge in [0.2, 0.25) is 0 Å². The Hall–Kier alpha value is -0.620. The first-order valence-electron chi connectivity index (χ1n) is 8.50. The van der Waals surface area contributed by atoms with E-state index in [0.29, 0.717) is 19.4 Å². The molecule has 0 aromatic heterocycles. The fourth-order valence-electron chi connectivity index (χ4n) is 2.60. The van der Waals surface area contributed by atoms with Crippen molar-refractivity contribution >= 4 is 13.7 Å². The molecule has 2 atom stereocenters. The second kappa shape index (κ2) is 8.17. The van der Waals surface area contributed by atoms with Crippen molar-refractivity contribution in [3.63, 3.8) is 0 Å². The van der Waals surface area contributed by atoms with Crippen LogP contribution >= 0.6 is 7.60 Å². The van der Waals surface area contributed by atoms with Crippen LogP contribution in [0.4, 0.5) is 4.79 Å². The molecule has 0 radical (unpaired) electrons. The van der Waals surface area contributed by atoms with E-state index in [1.54, 1.807) is 48.5 Å². The van der Waals surface area contributed by atoms with Crippen LogP contribution in [0.1, 0.15) is 61.3 Å². The molecule has 1 aliphatic heterocycles. The van der Waals surface area contributed by atoms with E-state index in [1.807, 2.05) is 0 Å². The van der Waals surface area contributed by atoms with Crippen LogP contribution in [0.15, 0.2) is 0 Å². The molecule has 0 saturated carbocycles. The van der Waals surface area contributed by atoms with E-state index in [1.165, 1.54) is 4.90 Å². The standard InChI is InChI=1S/C16H32NO6P/c1-11(2)22-24(20,23-12(3)4)14(18)13-9-8-10-17(13)15(19)21-16(5,6)7/h11-14,18H,8-10H2,1-7H3/t13-,14?/m0/s1. The molecule has 0 bridgehead atoms. The van der Waals surface area contributed by atoms with Crippen LogP contribution in [-0.2, 0) is 18.3 Å². The van der Waals surface area contributed by atoms with Crippen LogP contribution in [0, 0.1) is 0 Å². The molecule has 0 aromatic carbocycles. The Kier molecular flexibility index (Phi) is 7.29. The molecule has 24 heavy (non-hydrogen) atoms. The minimum absolute atomic E-state index is 0.374. The third-order valence-corrected chi connectivity index (χ3v) is 5.73. The zero-order chi connectivity index (χ0) is 18.7. The number of aliphatic hydroxyl groups excluding tert-OH is 1. The highest BCUT2D eigenvalue weighted by Crippen LogP contribution is 2.56. The summed E-state index contributed by atoms with van der Waals surface area (Å²) >= 11 is 0. The second-order valence-electron chi connectivity index (χ2n) is 7.65. The molecule has 0 spiro atoms. The van der Waals surface area contributed by atoms with Crippen LogP contribution < -0.4 is 0 Å². The van der Waals surface area contributed by atoms with Crippen LogP contribution in [-0.4, -0.2) is 52.3 Å². The maximum Gasteiger partial charge on any atom is 0.410 e. The van der Waals surface area contributed by atoms with Crippen molar-refractivity contribution < 1.29 is 28.3 Å². The van der Waals surface area contributed by atoms with Gasteiger partial charge in [-0.2, -0.15) is 0 Å². The summed E-state index contributed by atoms with van der Waals surface area (Å²) in [6.07, 6.45) is -0.0524. The van der Waals surface area contributed by atoms with Crippen LogP contribution in [0.3, 0.4) is 0 Å². The predicted molar refractivity (Wildman–Crippen MR) is 92.0 cm³/mol.